The van der Waals surface area contributed by atoms with Crippen LogP contribution in [0.3, 0.4) is 0 Å². The van der Waals surface area contributed by atoms with Crippen molar-refractivity contribution in [2.75, 3.05) is 38.3 Å². The van der Waals surface area contributed by atoms with Crippen molar-refractivity contribution < 1.29 is 9.53 Å². The van der Waals surface area contributed by atoms with E-state index in [4.69, 9.17) is 16.3 Å². The van der Waals surface area contributed by atoms with E-state index >= 15 is 0 Å². The van der Waals surface area contributed by atoms with Crippen LogP contribution in [0.1, 0.15) is 12.5 Å². The maximum atomic E-state index is 12.7. The van der Waals surface area contributed by atoms with Gasteiger partial charge in [0.25, 0.3) is 0 Å². The molecule has 0 radical (unpaired) electrons. The van der Waals surface area contributed by atoms with Gasteiger partial charge in [0.15, 0.2) is 0 Å². The molecular formula is C21H25ClN2O2S. The molecule has 1 atom stereocenters. The lowest BCUT2D eigenvalue weighted by Gasteiger charge is -2.29. The summed E-state index contributed by atoms with van der Waals surface area (Å²) in [4.78, 5) is 17.9. The summed E-state index contributed by atoms with van der Waals surface area (Å²) < 4.78 is 5.40. The van der Waals surface area contributed by atoms with Gasteiger partial charge in [-0.3, -0.25) is 4.79 Å². The summed E-state index contributed by atoms with van der Waals surface area (Å²) in [6.07, 6.45) is 0. The Morgan fingerprint density at radius 3 is 2.41 bits per heavy atom. The average Bonchev–Trinajstić information content (AvgIpc) is 2.70. The number of morpholine rings is 1. The van der Waals surface area contributed by atoms with E-state index in [2.05, 4.69) is 29.2 Å². The summed E-state index contributed by atoms with van der Waals surface area (Å²) in [6, 6.07) is 16.1. The Hall–Kier alpha value is -1.69. The van der Waals surface area contributed by atoms with E-state index in [9.17, 15) is 4.79 Å². The van der Waals surface area contributed by atoms with Crippen LogP contribution in [0.4, 0.5) is 5.69 Å². The third-order valence-electron chi connectivity index (χ3n) is 4.58. The minimum atomic E-state index is -0.149. The Bertz CT molecular complexity index is 746. The summed E-state index contributed by atoms with van der Waals surface area (Å²) in [5.74, 6) is 0.118. The van der Waals surface area contributed by atoms with Gasteiger partial charge in [-0.25, -0.2) is 0 Å². The minimum Gasteiger partial charge on any atom is -0.378 e. The zero-order valence-electron chi connectivity index (χ0n) is 15.7. The summed E-state index contributed by atoms with van der Waals surface area (Å²) in [7, 11) is 1.86. The van der Waals surface area contributed by atoms with Gasteiger partial charge in [0.05, 0.1) is 18.5 Å². The van der Waals surface area contributed by atoms with Crippen LogP contribution in [0.2, 0.25) is 5.02 Å². The van der Waals surface area contributed by atoms with Gasteiger partial charge in [-0.05, 0) is 48.9 Å². The first-order valence-electron chi connectivity index (χ1n) is 9.12. The molecule has 4 nitrogen and oxygen atoms in total. The Morgan fingerprint density at radius 2 is 1.78 bits per heavy atom. The molecule has 0 saturated carbocycles. The molecule has 0 aromatic heterocycles. The average molecular weight is 405 g/mol. The third kappa shape index (κ3) is 5.64. The number of amides is 1. The van der Waals surface area contributed by atoms with E-state index in [1.807, 2.05) is 38.2 Å². The molecule has 1 heterocycles. The van der Waals surface area contributed by atoms with Crippen molar-refractivity contribution in [3.8, 4) is 0 Å². The van der Waals surface area contributed by atoms with E-state index in [0.29, 0.717) is 11.6 Å². The number of carbonyl (C=O) groups excluding carboxylic acids is 1. The van der Waals surface area contributed by atoms with Crippen molar-refractivity contribution in [2.45, 2.75) is 23.6 Å². The molecular weight excluding hydrogens is 380 g/mol. The van der Waals surface area contributed by atoms with Crippen LogP contribution in [-0.2, 0) is 16.1 Å². The number of benzene rings is 2. The highest BCUT2D eigenvalue weighted by molar-refractivity contribution is 8.00. The number of rotatable bonds is 6. The molecule has 3 rings (SSSR count). The SMILES string of the molecule is C[C@@H](Sc1ccc(Cl)cc1)C(=O)N(C)Cc1ccc(N2CCOCC2)cc1. The number of halogens is 1. The zero-order valence-corrected chi connectivity index (χ0v) is 17.3. The van der Waals surface area contributed by atoms with E-state index in [0.717, 1.165) is 36.8 Å². The van der Waals surface area contributed by atoms with Gasteiger partial charge in [-0.2, -0.15) is 0 Å². The maximum absolute atomic E-state index is 12.7. The van der Waals surface area contributed by atoms with Gasteiger partial charge in [0.2, 0.25) is 5.91 Å². The van der Waals surface area contributed by atoms with Crippen molar-refractivity contribution in [1.29, 1.82) is 0 Å². The molecule has 1 fully saturated rings. The lowest BCUT2D eigenvalue weighted by atomic mass is 10.1. The third-order valence-corrected chi connectivity index (χ3v) is 5.93. The smallest absolute Gasteiger partial charge is 0.235 e. The van der Waals surface area contributed by atoms with Crippen LogP contribution in [0.5, 0.6) is 0 Å². The van der Waals surface area contributed by atoms with Crippen LogP contribution in [0.25, 0.3) is 0 Å². The molecule has 1 amide bonds. The lowest BCUT2D eigenvalue weighted by Crippen LogP contribution is -2.36. The van der Waals surface area contributed by atoms with Crippen LogP contribution in [-0.4, -0.2) is 49.4 Å². The van der Waals surface area contributed by atoms with Crippen molar-refractivity contribution in [3.05, 3.63) is 59.1 Å². The molecule has 0 N–H and O–H groups in total. The van der Waals surface area contributed by atoms with Gasteiger partial charge in [-0.1, -0.05) is 23.7 Å². The molecule has 2 aromatic rings. The summed E-state index contributed by atoms with van der Waals surface area (Å²) in [6.45, 7) is 5.96. The van der Waals surface area contributed by atoms with E-state index < -0.39 is 0 Å². The molecule has 1 aliphatic rings. The number of hydrogen-bond acceptors (Lipinski definition) is 4. The molecule has 6 heteroatoms. The number of carbonyl (C=O) groups is 1. The molecule has 144 valence electrons. The second-order valence-electron chi connectivity index (χ2n) is 6.67. The fourth-order valence-corrected chi connectivity index (χ4v) is 4.17. The predicted octanol–water partition coefficient (Wildman–Crippen LogP) is 4.32. The fourth-order valence-electron chi connectivity index (χ4n) is 3.06. The molecule has 2 aromatic carbocycles. The maximum Gasteiger partial charge on any atom is 0.235 e. The standard InChI is InChI=1S/C21H25ClN2O2S/c1-16(27-20-9-5-18(22)6-10-20)21(25)23(2)15-17-3-7-19(8-4-17)24-11-13-26-14-12-24/h3-10,16H,11-15H2,1-2H3/t16-/m1/s1. The molecule has 1 aliphatic heterocycles. The van der Waals surface area contributed by atoms with E-state index in [1.165, 1.54) is 5.69 Å². The van der Waals surface area contributed by atoms with Crippen LogP contribution in [0, 0.1) is 0 Å². The van der Waals surface area contributed by atoms with Gasteiger partial charge in [0.1, 0.15) is 0 Å². The van der Waals surface area contributed by atoms with Crippen molar-refractivity contribution >= 4 is 35.0 Å². The summed E-state index contributed by atoms with van der Waals surface area (Å²) >= 11 is 7.47. The Balaban J connectivity index is 1.54. The topological polar surface area (TPSA) is 32.8 Å². The van der Waals surface area contributed by atoms with Crippen molar-refractivity contribution in [2.24, 2.45) is 0 Å². The van der Waals surface area contributed by atoms with Gasteiger partial charge in [0, 0.05) is 42.3 Å². The Labute approximate surface area is 170 Å². The fraction of sp³-hybridized carbons (Fsp3) is 0.381. The van der Waals surface area contributed by atoms with Crippen LogP contribution in [0.15, 0.2) is 53.4 Å². The second kappa shape index (κ2) is 9.49. The minimum absolute atomic E-state index is 0.118. The number of anilines is 1. The van der Waals surface area contributed by atoms with Gasteiger partial charge in [-0.15, -0.1) is 11.8 Å². The van der Waals surface area contributed by atoms with Crippen molar-refractivity contribution in [3.63, 3.8) is 0 Å². The summed E-state index contributed by atoms with van der Waals surface area (Å²) in [5, 5.41) is 0.555. The monoisotopic (exact) mass is 404 g/mol. The predicted molar refractivity (Wildman–Crippen MR) is 113 cm³/mol. The van der Waals surface area contributed by atoms with Crippen LogP contribution >= 0.6 is 23.4 Å². The first-order valence-corrected chi connectivity index (χ1v) is 10.4. The quantitative estimate of drug-likeness (QED) is 0.671. The van der Waals surface area contributed by atoms with E-state index in [-0.39, 0.29) is 11.2 Å². The lowest BCUT2D eigenvalue weighted by molar-refractivity contribution is -0.129. The molecule has 0 aliphatic carbocycles. The Kier molecular flexibility index (Phi) is 7.05. The normalized spacial score (nSPS) is 15.4. The molecule has 0 unspecified atom stereocenters. The second-order valence-corrected chi connectivity index (χ2v) is 8.52. The van der Waals surface area contributed by atoms with E-state index in [1.54, 1.807) is 16.7 Å². The van der Waals surface area contributed by atoms with Crippen LogP contribution < -0.4 is 4.90 Å². The number of ether oxygens (including phenoxy) is 1. The number of nitrogens with zero attached hydrogens (tertiary/aromatic N) is 2. The van der Waals surface area contributed by atoms with Crippen molar-refractivity contribution in [1.82, 2.24) is 4.90 Å². The Morgan fingerprint density at radius 1 is 1.15 bits per heavy atom. The first kappa shape index (κ1) is 20.1. The molecule has 27 heavy (non-hydrogen) atoms. The number of thioether (sulfide) groups is 1. The first-order chi connectivity index (χ1) is 13.0. The largest absolute Gasteiger partial charge is 0.378 e. The molecule has 1 saturated heterocycles. The highest BCUT2D eigenvalue weighted by Crippen LogP contribution is 2.26. The summed E-state index contributed by atoms with van der Waals surface area (Å²) in [5.41, 5.74) is 2.34. The number of hydrogen-bond donors (Lipinski definition) is 0. The molecule has 0 spiro atoms. The highest BCUT2D eigenvalue weighted by atomic mass is 35.5. The zero-order chi connectivity index (χ0) is 19.2. The van der Waals surface area contributed by atoms with Gasteiger partial charge < -0.3 is 14.5 Å². The highest BCUT2D eigenvalue weighted by Gasteiger charge is 2.19. The molecule has 0 bridgehead atoms. The van der Waals surface area contributed by atoms with Gasteiger partial charge >= 0.3 is 0 Å².